The Morgan fingerprint density at radius 2 is 1.79 bits per heavy atom. The Bertz CT molecular complexity index is 1190. The SMILES string of the molecule is CC(O)c1cc(=O)c(O)cn1-c1cccc(-c2cnn(Cc3ccccc3)c2)c1. The molecular formula is C23H21N3O3. The standard InChI is InChI=1S/C23H21N3O3/c1-16(27)21-11-22(28)23(29)15-26(21)20-9-5-8-18(10-20)19-12-24-25(14-19)13-17-6-3-2-4-7-17/h2-12,14-16,27,29H,13H2,1H3. The quantitative estimate of drug-likeness (QED) is 0.549. The van der Waals surface area contributed by atoms with Gasteiger partial charge in [-0.2, -0.15) is 5.10 Å². The summed E-state index contributed by atoms with van der Waals surface area (Å²) < 4.78 is 3.50. The van der Waals surface area contributed by atoms with Crippen LogP contribution in [0.1, 0.15) is 24.3 Å². The van der Waals surface area contributed by atoms with E-state index in [1.807, 2.05) is 53.3 Å². The molecule has 0 aliphatic heterocycles. The largest absolute Gasteiger partial charge is 0.503 e. The highest BCUT2D eigenvalue weighted by atomic mass is 16.3. The molecule has 0 radical (unpaired) electrons. The van der Waals surface area contributed by atoms with Crippen LogP contribution in [0.2, 0.25) is 0 Å². The van der Waals surface area contributed by atoms with Crippen LogP contribution in [-0.4, -0.2) is 24.6 Å². The number of hydrogen-bond donors (Lipinski definition) is 2. The molecule has 6 nitrogen and oxygen atoms in total. The second-order valence-corrected chi connectivity index (χ2v) is 6.96. The zero-order chi connectivity index (χ0) is 20.4. The maximum Gasteiger partial charge on any atom is 0.223 e. The molecule has 0 fully saturated rings. The monoisotopic (exact) mass is 387 g/mol. The molecule has 0 saturated carbocycles. The van der Waals surface area contributed by atoms with E-state index in [-0.39, 0.29) is 5.75 Å². The highest BCUT2D eigenvalue weighted by Crippen LogP contribution is 2.25. The van der Waals surface area contributed by atoms with E-state index >= 15 is 0 Å². The van der Waals surface area contributed by atoms with Crippen LogP contribution in [0.15, 0.2) is 84.0 Å². The Balaban J connectivity index is 1.69. The Kier molecular flexibility index (Phi) is 5.01. The molecule has 4 aromatic rings. The van der Waals surface area contributed by atoms with Gasteiger partial charge >= 0.3 is 0 Å². The number of aromatic hydroxyl groups is 1. The minimum atomic E-state index is -0.861. The van der Waals surface area contributed by atoms with Crippen LogP contribution in [0.3, 0.4) is 0 Å². The van der Waals surface area contributed by atoms with Crippen LogP contribution in [-0.2, 0) is 6.54 Å². The molecule has 29 heavy (non-hydrogen) atoms. The van der Waals surface area contributed by atoms with Crippen LogP contribution in [0, 0.1) is 0 Å². The van der Waals surface area contributed by atoms with Gasteiger partial charge in [-0.25, -0.2) is 0 Å². The van der Waals surface area contributed by atoms with E-state index in [0.717, 1.165) is 16.8 Å². The third-order valence-corrected chi connectivity index (χ3v) is 4.77. The summed E-state index contributed by atoms with van der Waals surface area (Å²) in [5.74, 6) is -0.365. The zero-order valence-electron chi connectivity index (χ0n) is 15.9. The van der Waals surface area contributed by atoms with Crippen molar-refractivity contribution in [3.8, 4) is 22.6 Å². The van der Waals surface area contributed by atoms with Crippen LogP contribution < -0.4 is 5.43 Å². The van der Waals surface area contributed by atoms with Crippen molar-refractivity contribution in [1.29, 1.82) is 0 Å². The smallest absolute Gasteiger partial charge is 0.223 e. The van der Waals surface area contributed by atoms with Crippen molar-refractivity contribution in [2.24, 2.45) is 0 Å². The van der Waals surface area contributed by atoms with Crippen molar-refractivity contribution in [2.75, 3.05) is 0 Å². The summed E-state index contributed by atoms with van der Waals surface area (Å²) in [6.45, 7) is 2.26. The van der Waals surface area contributed by atoms with Gasteiger partial charge in [0.15, 0.2) is 5.75 Å². The van der Waals surface area contributed by atoms with Crippen molar-refractivity contribution in [2.45, 2.75) is 19.6 Å². The van der Waals surface area contributed by atoms with E-state index in [1.165, 1.54) is 17.8 Å². The molecule has 0 spiro atoms. The molecule has 0 aliphatic carbocycles. The maximum atomic E-state index is 11.8. The molecule has 2 N–H and O–H groups in total. The summed E-state index contributed by atoms with van der Waals surface area (Å²) in [4.78, 5) is 11.8. The molecule has 1 atom stereocenters. The summed E-state index contributed by atoms with van der Waals surface area (Å²) in [6.07, 6.45) is 4.26. The molecule has 2 aromatic carbocycles. The lowest BCUT2D eigenvalue weighted by Crippen LogP contribution is -2.13. The molecule has 0 bridgehead atoms. The lowest BCUT2D eigenvalue weighted by molar-refractivity contribution is 0.191. The van der Waals surface area contributed by atoms with Crippen LogP contribution >= 0.6 is 0 Å². The van der Waals surface area contributed by atoms with Gasteiger partial charge in [0.05, 0.1) is 30.7 Å². The van der Waals surface area contributed by atoms with Gasteiger partial charge in [0.1, 0.15) is 0 Å². The van der Waals surface area contributed by atoms with E-state index in [2.05, 4.69) is 17.2 Å². The number of nitrogens with zero attached hydrogens (tertiary/aromatic N) is 3. The van der Waals surface area contributed by atoms with Crippen molar-refractivity contribution in [3.05, 3.63) is 101 Å². The number of aromatic nitrogens is 3. The van der Waals surface area contributed by atoms with E-state index in [4.69, 9.17) is 0 Å². The lowest BCUT2D eigenvalue weighted by Gasteiger charge is -2.16. The number of pyridine rings is 1. The molecule has 0 aliphatic rings. The maximum absolute atomic E-state index is 11.8. The van der Waals surface area contributed by atoms with Gasteiger partial charge < -0.3 is 14.8 Å². The summed E-state index contributed by atoms with van der Waals surface area (Å²) >= 11 is 0. The number of benzene rings is 2. The lowest BCUT2D eigenvalue weighted by atomic mass is 10.1. The summed E-state index contributed by atoms with van der Waals surface area (Å²) in [5, 5.41) is 24.4. The Hall–Kier alpha value is -3.64. The summed E-state index contributed by atoms with van der Waals surface area (Å²) in [7, 11) is 0. The van der Waals surface area contributed by atoms with Gasteiger partial charge in [0.2, 0.25) is 5.43 Å². The number of hydrogen-bond acceptors (Lipinski definition) is 4. The topological polar surface area (TPSA) is 80.3 Å². The molecule has 0 amide bonds. The minimum Gasteiger partial charge on any atom is -0.503 e. The fraction of sp³-hybridized carbons (Fsp3) is 0.130. The van der Waals surface area contributed by atoms with Gasteiger partial charge in [-0.1, -0.05) is 42.5 Å². The predicted octanol–water partition coefficient (Wildman–Crippen LogP) is 3.51. The van der Waals surface area contributed by atoms with Crippen molar-refractivity contribution in [1.82, 2.24) is 14.3 Å². The molecule has 1 unspecified atom stereocenters. The first-order valence-corrected chi connectivity index (χ1v) is 9.32. The second kappa shape index (κ2) is 7.77. The first-order chi connectivity index (χ1) is 14.0. The van der Waals surface area contributed by atoms with Gasteiger partial charge in [0, 0.05) is 23.5 Å². The van der Waals surface area contributed by atoms with E-state index < -0.39 is 11.5 Å². The summed E-state index contributed by atoms with van der Waals surface area (Å²) in [5.41, 5.74) is 3.68. The fourth-order valence-electron chi connectivity index (χ4n) is 3.29. The van der Waals surface area contributed by atoms with E-state index in [0.29, 0.717) is 12.2 Å². The van der Waals surface area contributed by atoms with Gasteiger partial charge in [-0.05, 0) is 30.2 Å². The third-order valence-electron chi connectivity index (χ3n) is 4.77. The summed E-state index contributed by atoms with van der Waals surface area (Å²) in [6, 6.07) is 19.0. The Morgan fingerprint density at radius 1 is 1.00 bits per heavy atom. The minimum absolute atomic E-state index is 0.365. The normalized spacial score (nSPS) is 12.1. The van der Waals surface area contributed by atoms with Crippen molar-refractivity contribution < 1.29 is 10.2 Å². The molecule has 6 heteroatoms. The number of aliphatic hydroxyl groups excluding tert-OH is 1. The average molecular weight is 387 g/mol. The van der Waals surface area contributed by atoms with Gasteiger partial charge in [0.25, 0.3) is 0 Å². The van der Waals surface area contributed by atoms with Crippen LogP contribution in [0.25, 0.3) is 16.8 Å². The van der Waals surface area contributed by atoms with Crippen molar-refractivity contribution >= 4 is 0 Å². The fourth-order valence-corrected chi connectivity index (χ4v) is 3.29. The van der Waals surface area contributed by atoms with Gasteiger partial charge in [-0.3, -0.25) is 9.48 Å². The molecule has 2 aromatic heterocycles. The molecular weight excluding hydrogens is 366 g/mol. The Labute approximate surface area is 167 Å². The second-order valence-electron chi connectivity index (χ2n) is 6.96. The predicted molar refractivity (Wildman–Crippen MR) is 111 cm³/mol. The molecule has 4 rings (SSSR count). The van der Waals surface area contributed by atoms with Gasteiger partial charge in [-0.15, -0.1) is 0 Å². The number of rotatable bonds is 5. The highest BCUT2D eigenvalue weighted by Gasteiger charge is 2.13. The first-order valence-electron chi connectivity index (χ1n) is 9.32. The first kappa shape index (κ1) is 18.7. The van der Waals surface area contributed by atoms with E-state index in [1.54, 1.807) is 17.7 Å². The number of aliphatic hydroxyl groups is 1. The Morgan fingerprint density at radius 3 is 2.55 bits per heavy atom. The van der Waals surface area contributed by atoms with Crippen LogP contribution in [0.4, 0.5) is 0 Å². The van der Waals surface area contributed by atoms with Crippen molar-refractivity contribution in [3.63, 3.8) is 0 Å². The average Bonchev–Trinajstić information content (AvgIpc) is 3.19. The zero-order valence-corrected chi connectivity index (χ0v) is 15.9. The van der Waals surface area contributed by atoms with Crippen LogP contribution in [0.5, 0.6) is 5.75 Å². The molecule has 2 heterocycles. The van der Waals surface area contributed by atoms with E-state index in [9.17, 15) is 15.0 Å². The molecule has 0 saturated heterocycles. The third kappa shape index (κ3) is 3.97. The highest BCUT2D eigenvalue weighted by molar-refractivity contribution is 5.64. The molecule has 146 valence electrons.